The molecule has 1 aliphatic heterocycles. The number of amides is 2. The van der Waals surface area contributed by atoms with Crippen molar-refractivity contribution >= 4 is 17.6 Å². The molecule has 1 atom stereocenters. The van der Waals surface area contributed by atoms with Gasteiger partial charge in [0.2, 0.25) is 11.8 Å². The van der Waals surface area contributed by atoms with Crippen molar-refractivity contribution in [3.63, 3.8) is 0 Å². The van der Waals surface area contributed by atoms with Crippen molar-refractivity contribution < 1.29 is 9.59 Å². The molecule has 1 saturated heterocycles. The van der Waals surface area contributed by atoms with Crippen molar-refractivity contribution in [2.75, 3.05) is 4.90 Å². The molecular weight excluding hydrogens is 264 g/mol. The van der Waals surface area contributed by atoms with Crippen LogP contribution in [0.15, 0.2) is 48.7 Å². The Bertz CT molecular complexity index is 682. The molecule has 1 aliphatic rings. The number of hydrogen-bond acceptors (Lipinski definition) is 3. The summed E-state index contributed by atoms with van der Waals surface area (Å²) in [5.74, 6) is -0.197. The van der Waals surface area contributed by atoms with Crippen molar-refractivity contribution in [1.82, 2.24) is 4.98 Å². The van der Waals surface area contributed by atoms with Gasteiger partial charge in [-0.3, -0.25) is 9.59 Å². The van der Waals surface area contributed by atoms with Gasteiger partial charge in [-0.1, -0.05) is 35.9 Å². The van der Waals surface area contributed by atoms with Crippen LogP contribution in [0.4, 0.5) is 5.82 Å². The molecule has 2 heterocycles. The van der Waals surface area contributed by atoms with E-state index in [0.717, 1.165) is 11.1 Å². The molecule has 0 spiro atoms. The molecule has 1 aromatic heterocycles. The highest BCUT2D eigenvalue weighted by molar-refractivity contribution is 6.20. The van der Waals surface area contributed by atoms with E-state index in [0.29, 0.717) is 12.2 Å². The molecule has 4 heteroatoms. The summed E-state index contributed by atoms with van der Waals surface area (Å²) in [5, 5.41) is 0. The minimum atomic E-state index is -0.290. The van der Waals surface area contributed by atoms with E-state index in [9.17, 15) is 9.59 Å². The van der Waals surface area contributed by atoms with Gasteiger partial charge in [0.05, 0.1) is 5.92 Å². The maximum absolute atomic E-state index is 12.5. The third-order valence-electron chi connectivity index (χ3n) is 3.68. The molecule has 106 valence electrons. The average Bonchev–Trinajstić information content (AvgIpc) is 2.74. The lowest BCUT2D eigenvalue weighted by Gasteiger charge is -2.13. The summed E-state index contributed by atoms with van der Waals surface area (Å²) in [6, 6.07) is 13.3. The maximum Gasteiger partial charge on any atom is 0.238 e. The fourth-order valence-corrected chi connectivity index (χ4v) is 2.70. The number of anilines is 1. The average molecular weight is 280 g/mol. The van der Waals surface area contributed by atoms with Crippen LogP contribution in [0, 0.1) is 12.8 Å². The van der Waals surface area contributed by atoms with Crippen molar-refractivity contribution in [2.24, 2.45) is 5.92 Å². The number of aryl methyl sites for hydroxylation is 1. The Labute approximate surface area is 123 Å². The lowest BCUT2D eigenvalue weighted by Crippen LogP contribution is -2.31. The first-order valence-corrected chi connectivity index (χ1v) is 6.98. The summed E-state index contributed by atoms with van der Waals surface area (Å²) in [5.41, 5.74) is 2.25. The molecule has 1 unspecified atom stereocenters. The molecule has 0 N–H and O–H groups in total. The van der Waals surface area contributed by atoms with E-state index in [-0.39, 0.29) is 24.2 Å². The summed E-state index contributed by atoms with van der Waals surface area (Å²) in [4.78, 5) is 29.9. The Hall–Kier alpha value is -2.49. The lowest BCUT2D eigenvalue weighted by molar-refractivity contribution is -0.122. The van der Waals surface area contributed by atoms with E-state index in [1.807, 2.05) is 25.1 Å². The smallest absolute Gasteiger partial charge is 0.238 e. The molecule has 4 nitrogen and oxygen atoms in total. The number of aromatic nitrogens is 1. The SMILES string of the molecule is Cc1cccc(CC2CC(=O)N(c3ccccn3)C2=O)c1. The number of benzene rings is 1. The second kappa shape index (κ2) is 5.48. The summed E-state index contributed by atoms with van der Waals surface area (Å²) in [7, 11) is 0. The third kappa shape index (κ3) is 2.70. The highest BCUT2D eigenvalue weighted by Crippen LogP contribution is 2.27. The van der Waals surface area contributed by atoms with Gasteiger partial charge in [-0.05, 0) is 31.0 Å². The molecule has 21 heavy (non-hydrogen) atoms. The molecule has 1 fully saturated rings. The summed E-state index contributed by atoms with van der Waals surface area (Å²) < 4.78 is 0. The standard InChI is InChI=1S/C17H16N2O2/c1-12-5-4-6-13(9-12)10-14-11-16(20)19(17(14)21)15-7-2-3-8-18-15/h2-9,14H,10-11H2,1H3. The van der Waals surface area contributed by atoms with E-state index in [2.05, 4.69) is 11.1 Å². The molecular formula is C17H16N2O2. The van der Waals surface area contributed by atoms with Gasteiger partial charge < -0.3 is 0 Å². The highest BCUT2D eigenvalue weighted by atomic mass is 16.2. The number of carbonyl (C=O) groups is 2. The molecule has 0 saturated carbocycles. The largest absolute Gasteiger partial charge is 0.274 e. The van der Waals surface area contributed by atoms with Crippen LogP contribution in [0.1, 0.15) is 17.5 Å². The minimum absolute atomic E-state index is 0.153. The summed E-state index contributed by atoms with van der Waals surface area (Å²) >= 11 is 0. The van der Waals surface area contributed by atoms with Gasteiger partial charge in [-0.15, -0.1) is 0 Å². The Morgan fingerprint density at radius 1 is 1.19 bits per heavy atom. The quantitative estimate of drug-likeness (QED) is 0.812. The predicted octanol–water partition coefficient (Wildman–Crippen LogP) is 2.51. The lowest BCUT2D eigenvalue weighted by atomic mass is 9.97. The fraction of sp³-hybridized carbons (Fsp3) is 0.235. The number of imide groups is 1. The van der Waals surface area contributed by atoms with E-state index >= 15 is 0 Å². The van der Waals surface area contributed by atoms with Crippen LogP contribution in [0.3, 0.4) is 0 Å². The fourth-order valence-electron chi connectivity index (χ4n) is 2.70. The van der Waals surface area contributed by atoms with Gasteiger partial charge >= 0.3 is 0 Å². The predicted molar refractivity (Wildman–Crippen MR) is 79.7 cm³/mol. The Morgan fingerprint density at radius 3 is 2.76 bits per heavy atom. The zero-order chi connectivity index (χ0) is 14.8. The molecule has 1 aromatic carbocycles. The van der Waals surface area contributed by atoms with Crippen LogP contribution < -0.4 is 4.90 Å². The monoisotopic (exact) mass is 280 g/mol. The van der Waals surface area contributed by atoms with Crippen LogP contribution in [-0.2, 0) is 16.0 Å². The van der Waals surface area contributed by atoms with Crippen molar-refractivity contribution in [1.29, 1.82) is 0 Å². The normalized spacial score (nSPS) is 18.3. The molecule has 0 radical (unpaired) electrons. The first-order valence-electron chi connectivity index (χ1n) is 6.98. The van der Waals surface area contributed by atoms with Gasteiger partial charge in [0, 0.05) is 12.6 Å². The number of nitrogens with zero attached hydrogens (tertiary/aromatic N) is 2. The van der Waals surface area contributed by atoms with Gasteiger partial charge in [0.15, 0.2) is 0 Å². The van der Waals surface area contributed by atoms with Gasteiger partial charge in [0.1, 0.15) is 5.82 Å². The minimum Gasteiger partial charge on any atom is -0.274 e. The first kappa shape index (κ1) is 13.5. The second-order valence-corrected chi connectivity index (χ2v) is 5.35. The molecule has 0 aliphatic carbocycles. The van der Waals surface area contributed by atoms with E-state index in [1.165, 1.54) is 4.90 Å². The van der Waals surface area contributed by atoms with Crippen LogP contribution in [0.5, 0.6) is 0 Å². The van der Waals surface area contributed by atoms with Crippen LogP contribution >= 0.6 is 0 Å². The van der Waals surface area contributed by atoms with Crippen LogP contribution in [-0.4, -0.2) is 16.8 Å². The summed E-state index contributed by atoms with van der Waals surface area (Å²) in [6.45, 7) is 2.02. The van der Waals surface area contributed by atoms with E-state index in [4.69, 9.17) is 0 Å². The van der Waals surface area contributed by atoms with Crippen molar-refractivity contribution in [3.05, 3.63) is 59.8 Å². The number of hydrogen-bond donors (Lipinski definition) is 0. The molecule has 0 bridgehead atoms. The van der Waals surface area contributed by atoms with Crippen molar-refractivity contribution in [2.45, 2.75) is 19.8 Å². The maximum atomic E-state index is 12.5. The third-order valence-corrected chi connectivity index (χ3v) is 3.68. The number of carbonyl (C=O) groups excluding carboxylic acids is 2. The molecule has 2 aromatic rings. The van der Waals surface area contributed by atoms with Gasteiger partial charge in [-0.2, -0.15) is 0 Å². The summed E-state index contributed by atoms with van der Waals surface area (Å²) in [6.07, 6.45) is 2.43. The highest BCUT2D eigenvalue weighted by Gasteiger charge is 2.39. The van der Waals surface area contributed by atoms with Gasteiger partial charge in [-0.25, -0.2) is 9.88 Å². The molecule has 2 amide bonds. The van der Waals surface area contributed by atoms with Crippen LogP contribution in [0.2, 0.25) is 0 Å². The zero-order valence-corrected chi connectivity index (χ0v) is 11.8. The first-order chi connectivity index (χ1) is 10.1. The molecule has 3 rings (SSSR count). The second-order valence-electron chi connectivity index (χ2n) is 5.35. The topological polar surface area (TPSA) is 50.3 Å². The van der Waals surface area contributed by atoms with Crippen molar-refractivity contribution in [3.8, 4) is 0 Å². The number of pyridine rings is 1. The Morgan fingerprint density at radius 2 is 2.05 bits per heavy atom. The van der Waals surface area contributed by atoms with Gasteiger partial charge in [0.25, 0.3) is 0 Å². The zero-order valence-electron chi connectivity index (χ0n) is 11.8. The number of rotatable bonds is 3. The van der Waals surface area contributed by atoms with E-state index < -0.39 is 0 Å². The Kier molecular flexibility index (Phi) is 3.52. The Balaban J connectivity index is 1.81. The van der Waals surface area contributed by atoms with E-state index in [1.54, 1.807) is 24.4 Å². The van der Waals surface area contributed by atoms with Crippen LogP contribution in [0.25, 0.3) is 0 Å².